The van der Waals surface area contributed by atoms with Gasteiger partial charge in [-0.25, -0.2) is 0 Å². The Morgan fingerprint density at radius 3 is 2.45 bits per heavy atom. The topological polar surface area (TPSA) is 43.8 Å². The van der Waals surface area contributed by atoms with E-state index < -0.39 is 5.97 Å². The molecule has 1 N–H and O–H groups in total. The number of carbonyl (C=O) groups is 1. The molecule has 1 fully saturated rings. The number of aryl methyl sites for hydroxylation is 1. The number of aliphatic carboxylic acids is 1. The smallest absolute Gasteiger partial charge is 0.320 e. The Labute approximate surface area is 121 Å². The number of carboxylic acids is 1. The summed E-state index contributed by atoms with van der Waals surface area (Å²) in [6, 6.07) is 6.05. The summed E-state index contributed by atoms with van der Waals surface area (Å²) in [5.41, 5.74) is 3.92. The second kappa shape index (κ2) is 6.27. The van der Waals surface area contributed by atoms with Gasteiger partial charge in [0.2, 0.25) is 0 Å². The molecule has 0 spiro atoms. The standard InChI is InChI=1S/C16H24N2O2/c1-4-14(16(19)20)17-8-10-18(11-9-17)15-7-5-6-12(2)13(15)3/h5-7,14H,4,8-11H2,1-3H3,(H,19,20)/t14-/m0/s1. The Morgan fingerprint density at radius 2 is 1.90 bits per heavy atom. The minimum Gasteiger partial charge on any atom is -0.480 e. The first-order valence-electron chi connectivity index (χ1n) is 7.32. The first-order chi connectivity index (χ1) is 9.54. The van der Waals surface area contributed by atoms with Crippen LogP contribution in [0.1, 0.15) is 24.5 Å². The van der Waals surface area contributed by atoms with Crippen LogP contribution in [0.2, 0.25) is 0 Å². The lowest BCUT2D eigenvalue weighted by Gasteiger charge is -2.39. The molecule has 20 heavy (non-hydrogen) atoms. The van der Waals surface area contributed by atoms with Crippen molar-refractivity contribution in [3.63, 3.8) is 0 Å². The zero-order chi connectivity index (χ0) is 14.7. The van der Waals surface area contributed by atoms with Crippen molar-refractivity contribution in [1.29, 1.82) is 0 Å². The van der Waals surface area contributed by atoms with Gasteiger partial charge >= 0.3 is 5.97 Å². The van der Waals surface area contributed by atoms with Gasteiger partial charge in [0.15, 0.2) is 0 Å². The molecule has 0 radical (unpaired) electrons. The molecule has 0 bridgehead atoms. The molecule has 0 aliphatic carbocycles. The lowest BCUT2D eigenvalue weighted by atomic mass is 10.1. The van der Waals surface area contributed by atoms with Gasteiger partial charge < -0.3 is 10.0 Å². The normalized spacial score (nSPS) is 18.1. The molecule has 1 aromatic rings. The van der Waals surface area contributed by atoms with E-state index in [-0.39, 0.29) is 6.04 Å². The maximum absolute atomic E-state index is 11.2. The van der Waals surface area contributed by atoms with E-state index in [1.165, 1.54) is 16.8 Å². The van der Waals surface area contributed by atoms with E-state index >= 15 is 0 Å². The molecule has 0 amide bonds. The molecule has 4 nitrogen and oxygen atoms in total. The molecule has 1 saturated heterocycles. The fourth-order valence-electron chi connectivity index (χ4n) is 2.94. The third kappa shape index (κ3) is 2.96. The van der Waals surface area contributed by atoms with Gasteiger partial charge in [-0.15, -0.1) is 0 Å². The van der Waals surface area contributed by atoms with E-state index in [2.05, 4.69) is 41.8 Å². The summed E-state index contributed by atoms with van der Waals surface area (Å²) in [6.45, 7) is 9.66. The van der Waals surface area contributed by atoms with Gasteiger partial charge in [0.25, 0.3) is 0 Å². The Bertz CT molecular complexity index is 479. The number of carboxylic acid groups (broad SMARTS) is 1. The molecule has 1 aliphatic heterocycles. The Hall–Kier alpha value is -1.55. The van der Waals surface area contributed by atoms with Gasteiger partial charge in [0.05, 0.1) is 0 Å². The van der Waals surface area contributed by atoms with Crippen molar-refractivity contribution < 1.29 is 9.90 Å². The van der Waals surface area contributed by atoms with Gasteiger partial charge in [-0.3, -0.25) is 9.69 Å². The van der Waals surface area contributed by atoms with Crippen LogP contribution >= 0.6 is 0 Å². The van der Waals surface area contributed by atoms with Crippen molar-refractivity contribution in [2.75, 3.05) is 31.1 Å². The molecule has 1 aromatic carbocycles. The number of rotatable bonds is 4. The predicted octanol–water partition coefficient (Wildman–Crippen LogP) is 2.29. The Kier molecular flexibility index (Phi) is 4.65. The van der Waals surface area contributed by atoms with Crippen molar-refractivity contribution in [2.24, 2.45) is 0 Å². The highest BCUT2D eigenvalue weighted by Crippen LogP contribution is 2.24. The minimum atomic E-state index is -0.701. The molecule has 0 saturated carbocycles. The van der Waals surface area contributed by atoms with Crippen LogP contribution in [0.5, 0.6) is 0 Å². The molecular formula is C16H24N2O2. The van der Waals surface area contributed by atoms with E-state index in [1.807, 2.05) is 6.92 Å². The zero-order valence-electron chi connectivity index (χ0n) is 12.6. The van der Waals surface area contributed by atoms with Crippen LogP contribution in [0.15, 0.2) is 18.2 Å². The quantitative estimate of drug-likeness (QED) is 0.916. The molecule has 0 unspecified atom stereocenters. The highest BCUT2D eigenvalue weighted by Gasteiger charge is 2.27. The summed E-state index contributed by atoms with van der Waals surface area (Å²) in [4.78, 5) is 15.7. The molecular weight excluding hydrogens is 252 g/mol. The lowest BCUT2D eigenvalue weighted by molar-refractivity contribution is -0.143. The monoisotopic (exact) mass is 276 g/mol. The van der Waals surface area contributed by atoms with Gasteiger partial charge in [-0.2, -0.15) is 0 Å². The number of hydrogen-bond acceptors (Lipinski definition) is 3. The summed E-state index contributed by atoms with van der Waals surface area (Å²) in [5, 5.41) is 9.23. The fraction of sp³-hybridized carbons (Fsp3) is 0.562. The molecule has 4 heteroatoms. The van der Waals surface area contributed by atoms with E-state index in [0.29, 0.717) is 6.42 Å². The van der Waals surface area contributed by atoms with Gasteiger partial charge in [-0.1, -0.05) is 19.1 Å². The van der Waals surface area contributed by atoms with Gasteiger partial charge in [0, 0.05) is 31.9 Å². The number of hydrogen-bond donors (Lipinski definition) is 1. The molecule has 2 rings (SSSR count). The molecule has 1 atom stereocenters. The summed E-state index contributed by atoms with van der Waals surface area (Å²) in [7, 11) is 0. The lowest BCUT2D eigenvalue weighted by Crippen LogP contribution is -2.52. The van der Waals surface area contributed by atoms with Crippen molar-refractivity contribution in [2.45, 2.75) is 33.2 Å². The largest absolute Gasteiger partial charge is 0.480 e. The van der Waals surface area contributed by atoms with Crippen LogP contribution in [0.4, 0.5) is 5.69 Å². The van der Waals surface area contributed by atoms with E-state index in [0.717, 1.165) is 26.2 Å². The summed E-state index contributed by atoms with van der Waals surface area (Å²) in [5.74, 6) is -0.701. The van der Waals surface area contributed by atoms with Crippen LogP contribution in [0.3, 0.4) is 0 Å². The molecule has 0 aromatic heterocycles. The molecule has 1 heterocycles. The van der Waals surface area contributed by atoms with Crippen LogP contribution in [-0.2, 0) is 4.79 Å². The van der Waals surface area contributed by atoms with Gasteiger partial charge in [-0.05, 0) is 37.5 Å². The number of piperazine rings is 1. The SMILES string of the molecule is CC[C@@H](C(=O)O)N1CCN(c2cccc(C)c2C)CC1. The number of nitrogens with zero attached hydrogens (tertiary/aromatic N) is 2. The second-order valence-corrected chi connectivity index (χ2v) is 5.50. The summed E-state index contributed by atoms with van der Waals surface area (Å²) < 4.78 is 0. The summed E-state index contributed by atoms with van der Waals surface area (Å²) in [6.07, 6.45) is 0.665. The average molecular weight is 276 g/mol. The molecule has 110 valence electrons. The van der Waals surface area contributed by atoms with Crippen molar-refractivity contribution in [1.82, 2.24) is 4.90 Å². The van der Waals surface area contributed by atoms with Crippen molar-refractivity contribution in [3.8, 4) is 0 Å². The maximum Gasteiger partial charge on any atom is 0.320 e. The van der Waals surface area contributed by atoms with E-state index in [4.69, 9.17) is 0 Å². The zero-order valence-corrected chi connectivity index (χ0v) is 12.6. The summed E-state index contributed by atoms with van der Waals surface area (Å²) >= 11 is 0. The Morgan fingerprint density at radius 1 is 1.25 bits per heavy atom. The van der Waals surface area contributed by atoms with Gasteiger partial charge in [0.1, 0.15) is 6.04 Å². The van der Waals surface area contributed by atoms with E-state index in [1.54, 1.807) is 0 Å². The predicted molar refractivity (Wildman–Crippen MR) is 81.4 cm³/mol. The van der Waals surface area contributed by atoms with Crippen molar-refractivity contribution in [3.05, 3.63) is 29.3 Å². The first-order valence-corrected chi connectivity index (χ1v) is 7.32. The maximum atomic E-state index is 11.2. The van der Waals surface area contributed by atoms with Crippen LogP contribution < -0.4 is 4.90 Å². The third-order valence-electron chi connectivity index (χ3n) is 4.34. The first kappa shape index (κ1) is 14.9. The highest BCUT2D eigenvalue weighted by molar-refractivity contribution is 5.73. The second-order valence-electron chi connectivity index (χ2n) is 5.50. The van der Waals surface area contributed by atoms with Crippen LogP contribution in [0.25, 0.3) is 0 Å². The van der Waals surface area contributed by atoms with Crippen molar-refractivity contribution >= 4 is 11.7 Å². The average Bonchev–Trinajstić information content (AvgIpc) is 2.43. The number of anilines is 1. The Balaban J connectivity index is 2.04. The van der Waals surface area contributed by atoms with Crippen LogP contribution in [0, 0.1) is 13.8 Å². The third-order valence-corrected chi connectivity index (χ3v) is 4.34. The van der Waals surface area contributed by atoms with Crippen LogP contribution in [-0.4, -0.2) is 48.2 Å². The van der Waals surface area contributed by atoms with E-state index in [9.17, 15) is 9.90 Å². The molecule has 1 aliphatic rings. The highest BCUT2D eigenvalue weighted by atomic mass is 16.4. The fourth-order valence-corrected chi connectivity index (χ4v) is 2.94. The minimum absolute atomic E-state index is 0.337. The number of benzene rings is 1.